The molecule has 0 radical (unpaired) electrons. The van der Waals surface area contributed by atoms with Crippen molar-refractivity contribution in [2.45, 2.75) is 13.3 Å². The summed E-state index contributed by atoms with van der Waals surface area (Å²) >= 11 is 0. The molecule has 5 heteroatoms. The van der Waals surface area contributed by atoms with Crippen molar-refractivity contribution in [2.24, 2.45) is 0 Å². The van der Waals surface area contributed by atoms with E-state index in [1.54, 1.807) is 0 Å². The molecule has 16 heavy (non-hydrogen) atoms. The smallest absolute Gasteiger partial charge is 0.225 e. The second-order valence-corrected chi connectivity index (χ2v) is 3.32. The lowest BCUT2D eigenvalue weighted by Gasteiger charge is -2.02. The summed E-state index contributed by atoms with van der Waals surface area (Å²) in [5.41, 5.74) is 5.97. The van der Waals surface area contributed by atoms with E-state index in [1.165, 1.54) is 18.2 Å². The highest BCUT2D eigenvalue weighted by atomic mass is 19.1. The van der Waals surface area contributed by atoms with Gasteiger partial charge in [-0.15, -0.1) is 0 Å². The second-order valence-electron chi connectivity index (χ2n) is 3.32. The summed E-state index contributed by atoms with van der Waals surface area (Å²) in [6.45, 7) is 1.81. The fourth-order valence-corrected chi connectivity index (χ4v) is 1.58. The zero-order chi connectivity index (χ0) is 11.7. The van der Waals surface area contributed by atoms with Gasteiger partial charge in [0, 0.05) is 5.56 Å². The molecule has 1 heterocycles. The maximum absolute atomic E-state index is 13.5. The number of halogens is 2. The summed E-state index contributed by atoms with van der Waals surface area (Å²) in [7, 11) is 0. The van der Waals surface area contributed by atoms with Crippen LogP contribution in [0.15, 0.2) is 22.7 Å². The van der Waals surface area contributed by atoms with E-state index in [2.05, 4.69) is 5.16 Å². The van der Waals surface area contributed by atoms with Gasteiger partial charge >= 0.3 is 0 Å². The van der Waals surface area contributed by atoms with Crippen LogP contribution in [0.25, 0.3) is 11.3 Å². The largest absolute Gasteiger partial charge is 0.367 e. The summed E-state index contributed by atoms with van der Waals surface area (Å²) in [6, 6.07) is 3.63. The van der Waals surface area contributed by atoms with Crippen LogP contribution in [0, 0.1) is 11.6 Å². The number of nitrogen functional groups attached to an aromatic ring is 1. The van der Waals surface area contributed by atoms with Gasteiger partial charge in [0.1, 0.15) is 17.3 Å². The Hall–Kier alpha value is -1.91. The number of nitrogens with zero attached hydrogens (tertiary/aromatic N) is 1. The van der Waals surface area contributed by atoms with E-state index in [4.69, 9.17) is 10.3 Å². The standard InChI is InChI=1S/C11H10F2N2O/c1-2-6-10(15-16-11(6)14)9-7(12)4-3-5-8(9)13/h3-5H,2,14H2,1H3. The second kappa shape index (κ2) is 3.92. The molecule has 0 aliphatic rings. The van der Waals surface area contributed by atoms with Crippen LogP contribution in [-0.2, 0) is 6.42 Å². The van der Waals surface area contributed by atoms with E-state index in [0.29, 0.717) is 12.0 Å². The van der Waals surface area contributed by atoms with Crippen LogP contribution in [0.5, 0.6) is 0 Å². The molecule has 0 bridgehead atoms. The molecule has 2 aromatic rings. The molecule has 2 rings (SSSR count). The Kier molecular flexibility index (Phi) is 2.60. The van der Waals surface area contributed by atoms with E-state index < -0.39 is 11.6 Å². The molecular weight excluding hydrogens is 214 g/mol. The molecule has 3 nitrogen and oxygen atoms in total. The van der Waals surface area contributed by atoms with Crippen molar-refractivity contribution >= 4 is 5.88 Å². The predicted molar refractivity (Wildman–Crippen MR) is 55.6 cm³/mol. The summed E-state index contributed by atoms with van der Waals surface area (Å²) in [5, 5.41) is 3.60. The molecule has 84 valence electrons. The molecule has 0 aliphatic carbocycles. The van der Waals surface area contributed by atoms with Gasteiger partial charge in [-0.2, -0.15) is 0 Å². The van der Waals surface area contributed by atoms with Gasteiger partial charge in [0.15, 0.2) is 0 Å². The molecule has 0 saturated carbocycles. The summed E-state index contributed by atoms with van der Waals surface area (Å²) in [6.07, 6.45) is 0.498. The van der Waals surface area contributed by atoms with Crippen molar-refractivity contribution in [2.75, 3.05) is 5.73 Å². The first-order valence-electron chi connectivity index (χ1n) is 4.83. The molecule has 1 aromatic carbocycles. The third-order valence-electron chi connectivity index (χ3n) is 2.37. The molecule has 0 saturated heterocycles. The molecule has 0 unspecified atom stereocenters. The lowest BCUT2D eigenvalue weighted by molar-refractivity contribution is 0.437. The fourth-order valence-electron chi connectivity index (χ4n) is 1.58. The molecule has 2 N–H and O–H groups in total. The van der Waals surface area contributed by atoms with Crippen molar-refractivity contribution in [1.82, 2.24) is 5.16 Å². The number of hydrogen-bond acceptors (Lipinski definition) is 3. The number of aromatic nitrogens is 1. The van der Waals surface area contributed by atoms with E-state index in [-0.39, 0.29) is 17.1 Å². The number of rotatable bonds is 2. The fraction of sp³-hybridized carbons (Fsp3) is 0.182. The van der Waals surface area contributed by atoms with Crippen molar-refractivity contribution in [3.05, 3.63) is 35.4 Å². The van der Waals surface area contributed by atoms with Gasteiger partial charge in [0.25, 0.3) is 0 Å². The number of nitrogens with two attached hydrogens (primary N) is 1. The average molecular weight is 224 g/mol. The normalized spacial score (nSPS) is 10.7. The van der Waals surface area contributed by atoms with Crippen LogP contribution < -0.4 is 5.73 Å². The van der Waals surface area contributed by atoms with Crippen LogP contribution in [0.1, 0.15) is 12.5 Å². The number of hydrogen-bond donors (Lipinski definition) is 1. The lowest BCUT2D eigenvalue weighted by atomic mass is 10.0. The molecule has 0 spiro atoms. The monoisotopic (exact) mass is 224 g/mol. The highest BCUT2D eigenvalue weighted by Crippen LogP contribution is 2.31. The summed E-state index contributed by atoms with van der Waals surface area (Å²) in [4.78, 5) is 0. The van der Waals surface area contributed by atoms with Crippen LogP contribution in [0.2, 0.25) is 0 Å². The summed E-state index contributed by atoms with van der Waals surface area (Å²) < 4.78 is 31.7. The Labute approximate surface area is 90.9 Å². The Balaban J connectivity index is 2.67. The lowest BCUT2D eigenvalue weighted by Crippen LogP contribution is -1.94. The quantitative estimate of drug-likeness (QED) is 0.853. The predicted octanol–water partition coefficient (Wildman–Crippen LogP) is 2.76. The molecule has 0 amide bonds. The van der Waals surface area contributed by atoms with Crippen LogP contribution in [0.4, 0.5) is 14.7 Å². The van der Waals surface area contributed by atoms with E-state index in [0.717, 1.165) is 0 Å². The van der Waals surface area contributed by atoms with Gasteiger partial charge in [-0.3, -0.25) is 0 Å². The first kappa shape index (κ1) is 10.6. The molecule has 0 fully saturated rings. The third-order valence-corrected chi connectivity index (χ3v) is 2.37. The molecule has 0 aliphatic heterocycles. The van der Waals surface area contributed by atoms with Crippen LogP contribution >= 0.6 is 0 Å². The maximum Gasteiger partial charge on any atom is 0.225 e. The Morgan fingerprint density at radius 1 is 1.31 bits per heavy atom. The minimum absolute atomic E-state index is 0.0974. The van der Waals surface area contributed by atoms with Crippen LogP contribution in [0.3, 0.4) is 0 Å². The van der Waals surface area contributed by atoms with Gasteiger partial charge in [0.05, 0.1) is 5.56 Å². The highest BCUT2D eigenvalue weighted by molar-refractivity contribution is 5.68. The Morgan fingerprint density at radius 2 is 1.94 bits per heavy atom. The van der Waals surface area contributed by atoms with Gasteiger partial charge in [0.2, 0.25) is 5.88 Å². The van der Waals surface area contributed by atoms with Gasteiger partial charge < -0.3 is 10.3 Å². The first-order chi connectivity index (χ1) is 7.65. The molecule has 1 aromatic heterocycles. The van der Waals surface area contributed by atoms with Gasteiger partial charge in [-0.25, -0.2) is 8.78 Å². The van der Waals surface area contributed by atoms with Crippen LogP contribution in [-0.4, -0.2) is 5.16 Å². The first-order valence-corrected chi connectivity index (χ1v) is 4.83. The van der Waals surface area contributed by atoms with E-state index in [9.17, 15) is 8.78 Å². The molecular formula is C11H10F2N2O. The SMILES string of the molecule is CCc1c(-c2c(F)cccc2F)noc1N. The van der Waals surface area contributed by atoms with Crippen molar-refractivity contribution in [3.63, 3.8) is 0 Å². The molecule has 0 atom stereocenters. The minimum Gasteiger partial charge on any atom is -0.367 e. The van der Waals surface area contributed by atoms with Crippen molar-refractivity contribution in [1.29, 1.82) is 0 Å². The van der Waals surface area contributed by atoms with Gasteiger partial charge in [-0.05, 0) is 18.6 Å². The minimum atomic E-state index is -0.678. The zero-order valence-electron chi connectivity index (χ0n) is 8.63. The van der Waals surface area contributed by atoms with Gasteiger partial charge in [-0.1, -0.05) is 18.1 Å². The van der Waals surface area contributed by atoms with E-state index >= 15 is 0 Å². The number of benzene rings is 1. The highest BCUT2D eigenvalue weighted by Gasteiger charge is 2.20. The summed E-state index contributed by atoms with van der Waals surface area (Å²) in [5.74, 6) is -1.26. The van der Waals surface area contributed by atoms with Crippen molar-refractivity contribution in [3.8, 4) is 11.3 Å². The zero-order valence-corrected chi connectivity index (χ0v) is 8.63. The third kappa shape index (κ3) is 1.54. The van der Waals surface area contributed by atoms with Crippen molar-refractivity contribution < 1.29 is 13.3 Å². The van der Waals surface area contributed by atoms with E-state index in [1.807, 2.05) is 6.92 Å². The number of anilines is 1. The Bertz CT molecular complexity index is 502. The average Bonchev–Trinajstić information content (AvgIpc) is 2.59. The maximum atomic E-state index is 13.5. The Morgan fingerprint density at radius 3 is 2.50 bits per heavy atom. The topological polar surface area (TPSA) is 52.0 Å².